The van der Waals surface area contributed by atoms with E-state index in [2.05, 4.69) is 6.58 Å². The molecule has 3 N–H and O–H groups in total. The van der Waals surface area contributed by atoms with E-state index in [9.17, 15) is 5.11 Å². The number of nitrogens with two attached hydrogens (primary N) is 1. The van der Waals surface area contributed by atoms with Gasteiger partial charge in [0, 0.05) is 13.1 Å². The topological polar surface area (TPSA) is 49.5 Å². The van der Waals surface area contributed by atoms with Crippen LogP contribution in [-0.4, -0.2) is 23.2 Å². The van der Waals surface area contributed by atoms with Gasteiger partial charge in [-0.3, -0.25) is 5.84 Å². The van der Waals surface area contributed by atoms with Crippen molar-refractivity contribution in [3.05, 3.63) is 48.6 Å². The number of hydrogen-bond donors (Lipinski definition) is 2. The summed E-state index contributed by atoms with van der Waals surface area (Å²) in [5, 5.41) is 11.3. The highest BCUT2D eigenvalue weighted by molar-refractivity contribution is 5.17. The summed E-state index contributed by atoms with van der Waals surface area (Å²) in [5.41, 5.74) is 0.881. The molecule has 3 nitrogen and oxygen atoms in total. The maximum atomic E-state index is 9.76. The molecule has 0 radical (unpaired) electrons. The van der Waals surface area contributed by atoms with Crippen LogP contribution in [0.1, 0.15) is 11.7 Å². The fourth-order valence-electron chi connectivity index (χ4n) is 1.24. The van der Waals surface area contributed by atoms with Gasteiger partial charge in [0.1, 0.15) is 0 Å². The molecule has 1 rings (SSSR count). The molecule has 1 unspecified atom stereocenters. The molecule has 0 aliphatic rings. The summed E-state index contributed by atoms with van der Waals surface area (Å²) in [6, 6.07) is 9.47. The minimum absolute atomic E-state index is 0.413. The molecular formula is C11H16N2O. The van der Waals surface area contributed by atoms with Crippen LogP contribution in [-0.2, 0) is 0 Å². The number of aliphatic hydroxyl groups excluding tert-OH is 1. The number of hydrogen-bond acceptors (Lipinski definition) is 3. The zero-order valence-corrected chi connectivity index (χ0v) is 8.13. The molecule has 0 spiro atoms. The van der Waals surface area contributed by atoms with Crippen molar-refractivity contribution >= 4 is 0 Å². The van der Waals surface area contributed by atoms with Gasteiger partial charge >= 0.3 is 0 Å². The molecule has 3 heteroatoms. The normalized spacial score (nSPS) is 12.8. The molecule has 1 aromatic rings. The van der Waals surface area contributed by atoms with Crippen LogP contribution in [0.5, 0.6) is 0 Å². The predicted octanol–water partition coefficient (Wildman–Crippen LogP) is 1.08. The van der Waals surface area contributed by atoms with Crippen LogP contribution in [0.25, 0.3) is 0 Å². The summed E-state index contributed by atoms with van der Waals surface area (Å²) in [5.74, 6) is 5.62. The highest BCUT2D eigenvalue weighted by Gasteiger charge is 2.08. The summed E-state index contributed by atoms with van der Waals surface area (Å²) in [7, 11) is 0. The molecule has 0 aromatic heterocycles. The molecule has 1 aromatic carbocycles. The van der Waals surface area contributed by atoms with Gasteiger partial charge in [0.05, 0.1) is 6.10 Å². The van der Waals surface area contributed by atoms with E-state index in [0.29, 0.717) is 13.1 Å². The smallest absolute Gasteiger partial charge is 0.0931 e. The van der Waals surface area contributed by atoms with Gasteiger partial charge in [-0.1, -0.05) is 36.4 Å². The van der Waals surface area contributed by atoms with Gasteiger partial charge in [0.2, 0.25) is 0 Å². The zero-order chi connectivity index (χ0) is 10.4. The Labute approximate surface area is 84.4 Å². The Bertz CT molecular complexity index is 274. The predicted molar refractivity (Wildman–Crippen MR) is 57.4 cm³/mol. The van der Waals surface area contributed by atoms with Gasteiger partial charge < -0.3 is 5.11 Å². The second-order valence-corrected chi connectivity index (χ2v) is 3.17. The number of aliphatic hydroxyl groups is 1. The summed E-state index contributed by atoms with van der Waals surface area (Å²) < 4.78 is 0. The molecule has 0 amide bonds. The number of hydrazine groups is 1. The molecular weight excluding hydrogens is 176 g/mol. The third-order valence-corrected chi connectivity index (χ3v) is 1.96. The Hall–Kier alpha value is -1.16. The lowest BCUT2D eigenvalue weighted by molar-refractivity contribution is 0.120. The van der Waals surface area contributed by atoms with E-state index in [1.54, 1.807) is 6.08 Å². The first-order chi connectivity index (χ1) is 6.74. The molecule has 0 aliphatic carbocycles. The maximum absolute atomic E-state index is 9.76. The van der Waals surface area contributed by atoms with Crippen LogP contribution in [0, 0.1) is 0 Å². The van der Waals surface area contributed by atoms with Crippen LogP contribution in [0.15, 0.2) is 43.0 Å². The highest BCUT2D eigenvalue weighted by atomic mass is 16.3. The van der Waals surface area contributed by atoms with Crippen molar-refractivity contribution in [2.45, 2.75) is 6.10 Å². The summed E-state index contributed by atoms with van der Waals surface area (Å²) in [6.07, 6.45) is 1.17. The molecule has 0 heterocycles. The number of nitrogens with zero attached hydrogens (tertiary/aromatic N) is 1. The molecule has 0 saturated carbocycles. The second kappa shape index (κ2) is 5.54. The summed E-state index contributed by atoms with van der Waals surface area (Å²) in [4.78, 5) is 0. The van der Waals surface area contributed by atoms with E-state index in [0.717, 1.165) is 5.56 Å². The first kappa shape index (κ1) is 10.9. The Kier molecular flexibility index (Phi) is 4.32. The molecule has 1 atom stereocenters. The largest absolute Gasteiger partial charge is 0.387 e. The van der Waals surface area contributed by atoms with Crippen molar-refractivity contribution in [3.8, 4) is 0 Å². The van der Waals surface area contributed by atoms with E-state index in [1.165, 1.54) is 5.01 Å². The number of rotatable bonds is 5. The van der Waals surface area contributed by atoms with E-state index < -0.39 is 6.10 Å². The van der Waals surface area contributed by atoms with E-state index >= 15 is 0 Å². The zero-order valence-electron chi connectivity index (χ0n) is 8.13. The fourth-order valence-corrected chi connectivity index (χ4v) is 1.24. The van der Waals surface area contributed by atoms with Crippen LogP contribution >= 0.6 is 0 Å². The second-order valence-electron chi connectivity index (χ2n) is 3.17. The van der Waals surface area contributed by atoms with Gasteiger partial charge in [0.15, 0.2) is 0 Å². The summed E-state index contributed by atoms with van der Waals surface area (Å²) >= 11 is 0. The van der Waals surface area contributed by atoms with Gasteiger partial charge in [-0.25, -0.2) is 5.01 Å². The number of benzene rings is 1. The Balaban J connectivity index is 2.50. The van der Waals surface area contributed by atoms with Crippen LogP contribution in [0.4, 0.5) is 0 Å². The lowest BCUT2D eigenvalue weighted by Crippen LogP contribution is -2.35. The average Bonchev–Trinajstić information content (AvgIpc) is 2.19. The van der Waals surface area contributed by atoms with Crippen molar-refractivity contribution in [1.82, 2.24) is 5.01 Å². The van der Waals surface area contributed by atoms with E-state index in [1.807, 2.05) is 30.3 Å². The molecule has 76 valence electrons. The first-order valence-corrected chi connectivity index (χ1v) is 4.57. The lowest BCUT2D eigenvalue weighted by atomic mass is 10.1. The van der Waals surface area contributed by atoms with Crippen LogP contribution in [0.3, 0.4) is 0 Å². The van der Waals surface area contributed by atoms with E-state index in [4.69, 9.17) is 5.84 Å². The minimum atomic E-state index is -0.541. The van der Waals surface area contributed by atoms with Crippen molar-refractivity contribution in [2.24, 2.45) is 5.84 Å². The quantitative estimate of drug-likeness (QED) is 0.417. The van der Waals surface area contributed by atoms with Crippen molar-refractivity contribution in [3.63, 3.8) is 0 Å². The standard InChI is InChI=1S/C11H16N2O/c1-2-8-13(12)9-11(14)10-6-4-3-5-7-10/h2-7,11,14H,1,8-9,12H2. The van der Waals surface area contributed by atoms with Crippen molar-refractivity contribution < 1.29 is 5.11 Å². The van der Waals surface area contributed by atoms with Gasteiger partial charge in [-0.05, 0) is 5.56 Å². The van der Waals surface area contributed by atoms with Crippen LogP contribution in [0.2, 0.25) is 0 Å². The SMILES string of the molecule is C=CCN(N)CC(O)c1ccccc1. The molecule has 0 fully saturated rings. The third kappa shape index (κ3) is 3.30. The van der Waals surface area contributed by atoms with E-state index in [-0.39, 0.29) is 0 Å². The monoisotopic (exact) mass is 192 g/mol. The lowest BCUT2D eigenvalue weighted by Gasteiger charge is -2.18. The minimum Gasteiger partial charge on any atom is -0.387 e. The summed E-state index contributed by atoms with van der Waals surface area (Å²) in [6.45, 7) is 4.56. The Morgan fingerprint density at radius 1 is 1.43 bits per heavy atom. The third-order valence-electron chi connectivity index (χ3n) is 1.96. The average molecular weight is 192 g/mol. The maximum Gasteiger partial charge on any atom is 0.0931 e. The Morgan fingerprint density at radius 2 is 2.07 bits per heavy atom. The van der Waals surface area contributed by atoms with Gasteiger partial charge in [0.25, 0.3) is 0 Å². The van der Waals surface area contributed by atoms with Gasteiger partial charge in [-0.15, -0.1) is 6.58 Å². The Morgan fingerprint density at radius 3 is 2.64 bits per heavy atom. The highest BCUT2D eigenvalue weighted by Crippen LogP contribution is 2.11. The van der Waals surface area contributed by atoms with Crippen molar-refractivity contribution in [1.29, 1.82) is 0 Å². The molecule has 14 heavy (non-hydrogen) atoms. The first-order valence-electron chi connectivity index (χ1n) is 4.57. The molecule has 0 bridgehead atoms. The van der Waals surface area contributed by atoms with Crippen LogP contribution < -0.4 is 5.84 Å². The van der Waals surface area contributed by atoms with Crippen molar-refractivity contribution in [2.75, 3.05) is 13.1 Å². The van der Waals surface area contributed by atoms with Gasteiger partial charge in [-0.2, -0.15) is 0 Å². The fraction of sp³-hybridized carbons (Fsp3) is 0.273. The molecule has 0 saturated heterocycles. The molecule has 0 aliphatic heterocycles.